The second-order valence-electron chi connectivity index (χ2n) is 8.55. The van der Waals surface area contributed by atoms with Crippen molar-refractivity contribution in [2.45, 2.75) is 29.4 Å². The lowest BCUT2D eigenvalue weighted by Crippen LogP contribution is -2.33. The fraction of sp³-hybridized carbons (Fsp3) is 0.200. The topological polar surface area (TPSA) is 190 Å². The number of nitrogens with two attached hydrogens (primary N) is 2. The molecule has 6 N–H and O–H groups in total. The summed E-state index contributed by atoms with van der Waals surface area (Å²) >= 11 is 1.01. The second kappa shape index (κ2) is 13.0. The van der Waals surface area contributed by atoms with Crippen LogP contribution in [0.5, 0.6) is 0 Å². The van der Waals surface area contributed by atoms with Crippen molar-refractivity contribution in [1.82, 2.24) is 14.9 Å². The highest BCUT2D eigenvalue weighted by Crippen LogP contribution is 2.29. The largest absolute Gasteiger partial charge is 0.490 e. The van der Waals surface area contributed by atoms with Crippen LogP contribution in [0.2, 0.25) is 0 Å². The zero-order valence-electron chi connectivity index (χ0n) is 21.0. The minimum absolute atomic E-state index is 0.0271. The Morgan fingerprint density at radius 2 is 1.85 bits per heavy atom. The number of pyridine rings is 2. The van der Waals surface area contributed by atoms with Gasteiger partial charge in [0.1, 0.15) is 10.0 Å². The van der Waals surface area contributed by atoms with E-state index in [1.165, 1.54) is 6.07 Å². The number of halogens is 3. The van der Waals surface area contributed by atoms with Gasteiger partial charge in [-0.05, 0) is 47.7 Å². The van der Waals surface area contributed by atoms with Crippen molar-refractivity contribution in [3.05, 3.63) is 72.7 Å². The summed E-state index contributed by atoms with van der Waals surface area (Å²) < 4.78 is 62.2. The first-order valence-corrected chi connectivity index (χ1v) is 13.9. The number of amides is 1. The van der Waals surface area contributed by atoms with Crippen LogP contribution in [0.15, 0.2) is 71.3 Å². The van der Waals surface area contributed by atoms with E-state index in [2.05, 4.69) is 9.97 Å². The molecule has 1 amide bonds. The molecule has 0 saturated carbocycles. The molecule has 0 aliphatic carbocycles. The van der Waals surface area contributed by atoms with Crippen LogP contribution >= 0.6 is 11.3 Å². The number of anilines is 1. The van der Waals surface area contributed by atoms with Gasteiger partial charge >= 0.3 is 22.3 Å². The van der Waals surface area contributed by atoms with Crippen LogP contribution < -0.4 is 11.5 Å². The predicted octanol–water partition coefficient (Wildman–Crippen LogP) is 3.57. The number of alkyl halides is 3. The minimum atomic E-state index is -5.08. The molecular formula is C25H24F3N5O6S2. The molecule has 41 heavy (non-hydrogen) atoms. The number of hydrogen-bond acceptors (Lipinski definition) is 9. The molecule has 0 bridgehead atoms. The summed E-state index contributed by atoms with van der Waals surface area (Å²) in [6, 6.07) is 14.2. The van der Waals surface area contributed by atoms with Gasteiger partial charge in [-0.15, -0.1) is 11.3 Å². The number of carboxylic acid groups (broad SMARTS) is 1. The van der Waals surface area contributed by atoms with E-state index in [0.29, 0.717) is 12.4 Å². The van der Waals surface area contributed by atoms with Gasteiger partial charge < -0.3 is 21.5 Å². The lowest BCUT2D eigenvalue weighted by molar-refractivity contribution is -0.192. The Balaban J connectivity index is 0.000000188. The predicted molar refractivity (Wildman–Crippen MR) is 145 cm³/mol. The fourth-order valence-electron chi connectivity index (χ4n) is 3.60. The number of carbonyl (C=O) groups excluding carboxylic acids is 1. The molecule has 0 spiro atoms. The number of nitrogen functional groups attached to an aromatic ring is 1. The molecule has 4 aromatic rings. The quantitative estimate of drug-likeness (QED) is 0.248. The number of fused-ring (bicyclic) bond motifs is 1. The number of carboxylic acids is 1. The Bertz CT molecular complexity index is 1630. The first-order chi connectivity index (χ1) is 19.2. The molecule has 0 unspecified atom stereocenters. The number of thiophene rings is 1. The highest BCUT2D eigenvalue weighted by Gasteiger charge is 2.38. The fourth-order valence-corrected chi connectivity index (χ4v) is 5.26. The van der Waals surface area contributed by atoms with Crippen molar-refractivity contribution in [2.75, 3.05) is 12.3 Å². The normalized spacial score (nSPS) is 15.1. The van der Waals surface area contributed by atoms with Gasteiger partial charge in [0.2, 0.25) is 5.91 Å². The van der Waals surface area contributed by atoms with Gasteiger partial charge in [-0.3, -0.25) is 14.3 Å². The van der Waals surface area contributed by atoms with E-state index < -0.39 is 22.3 Å². The number of rotatable bonds is 4. The third kappa shape index (κ3) is 8.68. The van der Waals surface area contributed by atoms with Gasteiger partial charge in [-0.25, -0.2) is 9.78 Å². The SMILES string of the molecule is Nc1nccc2ccc(CN3CC[C@H](N)C3=O)cc12.O=C(O)C(F)(F)F.O=S(=O)(O)c1ccc(-c2cccnc2)s1. The molecule has 16 heteroatoms. The molecule has 1 aromatic carbocycles. The van der Waals surface area contributed by atoms with Gasteiger partial charge in [0, 0.05) is 47.5 Å². The lowest BCUT2D eigenvalue weighted by Gasteiger charge is -2.16. The average molecular weight is 612 g/mol. The molecule has 0 radical (unpaired) electrons. The third-order valence-electron chi connectivity index (χ3n) is 5.60. The van der Waals surface area contributed by atoms with E-state index in [4.69, 9.17) is 25.9 Å². The van der Waals surface area contributed by atoms with Gasteiger partial charge in [0.25, 0.3) is 0 Å². The first kappa shape index (κ1) is 31.4. The smallest absolute Gasteiger partial charge is 0.475 e. The van der Waals surface area contributed by atoms with Gasteiger partial charge in [-0.2, -0.15) is 21.6 Å². The Kier molecular flexibility index (Phi) is 9.98. The highest BCUT2D eigenvalue weighted by atomic mass is 32.3. The monoisotopic (exact) mass is 611 g/mol. The standard InChI is InChI=1S/C14H16N4O.C9H7NO3S2.C2HF3O2/c15-12-4-6-18(14(12)19)8-9-1-2-10-3-5-17-13(16)11(10)7-9;11-15(12,13)9-4-3-8(14-9)7-2-1-5-10-6-7;3-2(4,5)1(6)7/h1-3,5,7,12H,4,6,8,15H2,(H2,16,17);1-6H,(H,11,12,13);(H,6,7)/t12-;;/m0../s1. The van der Waals surface area contributed by atoms with Crippen molar-refractivity contribution in [1.29, 1.82) is 0 Å². The summed E-state index contributed by atoms with van der Waals surface area (Å²) in [7, 11) is -4.09. The Morgan fingerprint density at radius 3 is 2.39 bits per heavy atom. The molecule has 3 aromatic heterocycles. The summed E-state index contributed by atoms with van der Waals surface area (Å²) in [5.74, 6) is -2.21. The highest BCUT2D eigenvalue weighted by molar-refractivity contribution is 7.88. The van der Waals surface area contributed by atoms with Crippen molar-refractivity contribution >= 4 is 49.9 Å². The molecule has 4 heterocycles. The maximum Gasteiger partial charge on any atom is 0.490 e. The van der Waals surface area contributed by atoms with E-state index in [9.17, 15) is 26.4 Å². The molecule has 218 valence electrons. The molecular weight excluding hydrogens is 587 g/mol. The van der Waals surface area contributed by atoms with Crippen molar-refractivity contribution in [2.24, 2.45) is 5.73 Å². The van der Waals surface area contributed by atoms with Crippen LogP contribution in [-0.4, -0.2) is 63.6 Å². The average Bonchev–Trinajstić information content (AvgIpc) is 3.54. The van der Waals surface area contributed by atoms with E-state index in [0.717, 1.165) is 51.1 Å². The van der Waals surface area contributed by atoms with Gasteiger partial charge in [-0.1, -0.05) is 18.2 Å². The maximum atomic E-state index is 11.8. The van der Waals surface area contributed by atoms with Crippen LogP contribution in [0.3, 0.4) is 0 Å². The zero-order chi connectivity index (χ0) is 30.4. The molecule has 1 saturated heterocycles. The van der Waals surface area contributed by atoms with Crippen molar-refractivity contribution in [3.63, 3.8) is 0 Å². The molecule has 11 nitrogen and oxygen atoms in total. The Hall–Kier alpha value is -4.12. The minimum Gasteiger partial charge on any atom is -0.475 e. The van der Waals surface area contributed by atoms with Crippen LogP contribution in [0.1, 0.15) is 12.0 Å². The number of likely N-dealkylation sites (tertiary alicyclic amines) is 1. The van der Waals surface area contributed by atoms with E-state index in [1.54, 1.807) is 35.6 Å². The first-order valence-electron chi connectivity index (χ1n) is 11.6. The number of carbonyl (C=O) groups is 2. The number of aromatic nitrogens is 2. The summed E-state index contributed by atoms with van der Waals surface area (Å²) in [5, 5.41) is 9.11. The van der Waals surface area contributed by atoms with Crippen LogP contribution in [0.4, 0.5) is 19.0 Å². The summed E-state index contributed by atoms with van der Waals surface area (Å²) in [4.78, 5) is 31.3. The van der Waals surface area contributed by atoms with Gasteiger partial charge in [0.05, 0.1) is 6.04 Å². The lowest BCUT2D eigenvalue weighted by atomic mass is 10.1. The number of benzene rings is 1. The maximum absolute atomic E-state index is 11.8. The van der Waals surface area contributed by atoms with Crippen LogP contribution in [0.25, 0.3) is 21.2 Å². The zero-order valence-corrected chi connectivity index (χ0v) is 22.7. The summed E-state index contributed by atoms with van der Waals surface area (Å²) in [6.45, 7) is 1.30. The van der Waals surface area contributed by atoms with Crippen molar-refractivity contribution < 1.29 is 40.8 Å². The molecule has 1 atom stereocenters. The molecule has 1 aliphatic rings. The summed E-state index contributed by atoms with van der Waals surface area (Å²) in [5.41, 5.74) is 13.5. The number of aliphatic carboxylic acids is 1. The summed E-state index contributed by atoms with van der Waals surface area (Å²) in [6.07, 6.45) is 0.622. The molecule has 1 aliphatic heterocycles. The Morgan fingerprint density at radius 1 is 1.15 bits per heavy atom. The van der Waals surface area contributed by atoms with Gasteiger partial charge in [0.15, 0.2) is 0 Å². The molecule has 5 rings (SSSR count). The molecule has 1 fully saturated rings. The van der Waals surface area contributed by atoms with Crippen LogP contribution in [-0.2, 0) is 26.3 Å². The number of hydrogen-bond donors (Lipinski definition) is 4. The third-order valence-corrected chi connectivity index (χ3v) is 8.05. The van der Waals surface area contributed by atoms with Crippen molar-refractivity contribution in [3.8, 4) is 10.4 Å². The van der Waals surface area contributed by atoms with E-state index in [-0.39, 0.29) is 16.2 Å². The Labute approximate surface area is 236 Å². The van der Waals surface area contributed by atoms with Crippen LogP contribution in [0, 0.1) is 0 Å². The van der Waals surface area contributed by atoms with E-state index >= 15 is 0 Å². The number of nitrogens with zero attached hydrogens (tertiary/aromatic N) is 3. The second-order valence-corrected chi connectivity index (χ2v) is 11.3. The van der Waals surface area contributed by atoms with E-state index in [1.807, 2.05) is 30.3 Å².